The lowest BCUT2D eigenvalue weighted by molar-refractivity contribution is 0.0732. The van der Waals surface area contributed by atoms with Gasteiger partial charge in [0.25, 0.3) is 5.91 Å². The van der Waals surface area contributed by atoms with E-state index in [-0.39, 0.29) is 12.5 Å². The lowest BCUT2D eigenvalue weighted by Crippen LogP contribution is -2.32. The normalized spacial score (nSPS) is 17.0. The van der Waals surface area contributed by atoms with Gasteiger partial charge in [-0.1, -0.05) is 12.1 Å². The number of pyridine rings is 1. The molecule has 1 amide bonds. The van der Waals surface area contributed by atoms with E-state index in [2.05, 4.69) is 16.4 Å². The number of rotatable bonds is 7. The lowest BCUT2D eigenvalue weighted by atomic mass is 9.90. The minimum atomic E-state index is 0.0147. The van der Waals surface area contributed by atoms with Gasteiger partial charge >= 0.3 is 0 Å². The molecule has 1 atom stereocenters. The molecule has 26 heavy (non-hydrogen) atoms. The molecular formula is C21H27N3O2. The minimum Gasteiger partial charge on any atom is -0.396 e. The summed E-state index contributed by atoms with van der Waals surface area (Å²) < 4.78 is 0. The second-order valence-electron chi connectivity index (χ2n) is 6.83. The third-order valence-electron chi connectivity index (χ3n) is 4.90. The van der Waals surface area contributed by atoms with Gasteiger partial charge in [-0.25, -0.2) is 0 Å². The molecule has 5 heteroatoms. The maximum absolute atomic E-state index is 13.1. The van der Waals surface area contributed by atoms with Crippen molar-refractivity contribution < 1.29 is 9.90 Å². The molecule has 0 radical (unpaired) electrons. The van der Waals surface area contributed by atoms with E-state index < -0.39 is 0 Å². The molecule has 1 aliphatic heterocycles. The number of hydrogen-bond acceptors (Lipinski definition) is 4. The van der Waals surface area contributed by atoms with E-state index in [0.717, 1.165) is 30.6 Å². The fourth-order valence-electron chi connectivity index (χ4n) is 3.47. The molecule has 1 saturated heterocycles. The minimum absolute atomic E-state index is 0.0147. The Morgan fingerprint density at radius 1 is 1.27 bits per heavy atom. The summed E-state index contributed by atoms with van der Waals surface area (Å²) in [6.07, 6.45) is 6.38. The number of benzene rings is 1. The number of nitrogens with zero attached hydrogens (tertiary/aromatic N) is 2. The van der Waals surface area contributed by atoms with Crippen LogP contribution in [-0.4, -0.2) is 47.1 Å². The van der Waals surface area contributed by atoms with Crippen molar-refractivity contribution in [3.05, 3.63) is 65.5 Å². The van der Waals surface area contributed by atoms with Crippen molar-refractivity contribution in [2.75, 3.05) is 26.2 Å². The van der Waals surface area contributed by atoms with E-state index in [1.54, 1.807) is 12.4 Å². The first-order valence-corrected chi connectivity index (χ1v) is 9.37. The van der Waals surface area contributed by atoms with Crippen LogP contribution in [0.1, 0.15) is 46.7 Å². The van der Waals surface area contributed by atoms with Crippen molar-refractivity contribution in [3.8, 4) is 0 Å². The molecule has 2 heterocycles. The van der Waals surface area contributed by atoms with Crippen LogP contribution in [0.15, 0.2) is 48.8 Å². The molecular weight excluding hydrogens is 326 g/mol. The molecule has 5 nitrogen and oxygen atoms in total. The Hall–Kier alpha value is -2.24. The molecule has 2 aromatic rings. The molecule has 0 aliphatic carbocycles. The molecule has 0 saturated carbocycles. The average molecular weight is 353 g/mol. The van der Waals surface area contributed by atoms with E-state index in [4.69, 9.17) is 0 Å². The van der Waals surface area contributed by atoms with E-state index in [1.165, 1.54) is 12.0 Å². The highest BCUT2D eigenvalue weighted by atomic mass is 16.3. The van der Waals surface area contributed by atoms with Crippen molar-refractivity contribution in [2.24, 2.45) is 0 Å². The second kappa shape index (κ2) is 9.46. The SMILES string of the molecule is O=C(c1cccc([C@H]2CCCNC2)c1)N(CCCO)Cc1ccncc1. The average Bonchev–Trinajstić information content (AvgIpc) is 2.72. The number of aliphatic hydroxyl groups excluding tert-OH is 1. The number of aliphatic hydroxyl groups is 1. The summed E-state index contributed by atoms with van der Waals surface area (Å²) in [4.78, 5) is 18.9. The Morgan fingerprint density at radius 3 is 2.85 bits per heavy atom. The molecule has 138 valence electrons. The highest BCUT2D eigenvalue weighted by molar-refractivity contribution is 5.94. The molecule has 2 N–H and O–H groups in total. The zero-order valence-corrected chi connectivity index (χ0v) is 15.1. The van der Waals surface area contributed by atoms with Gasteiger partial charge in [0.15, 0.2) is 0 Å². The van der Waals surface area contributed by atoms with Crippen LogP contribution in [0.3, 0.4) is 0 Å². The van der Waals surface area contributed by atoms with Crippen molar-refractivity contribution in [2.45, 2.75) is 31.7 Å². The number of nitrogens with one attached hydrogen (secondary N) is 1. The van der Waals surface area contributed by atoms with Crippen molar-refractivity contribution in [3.63, 3.8) is 0 Å². The molecule has 1 aromatic carbocycles. The molecule has 0 spiro atoms. The van der Waals surface area contributed by atoms with E-state index in [1.807, 2.05) is 35.2 Å². The summed E-state index contributed by atoms with van der Waals surface area (Å²) in [5.74, 6) is 0.489. The van der Waals surface area contributed by atoms with Gasteiger partial charge < -0.3 is 15.3 Å². The Kier molecular flexibility index (Phi) is 6.75. The predicted molar refractivity (Wildman–Crippen MR) is 102 cm³/mol. The molecule has 1 fully saturated rings. The largest absolute Gasteiger partial charge is 0.396 e. The second-order valence-corrected chi connectivity index (χ2v) is 6.83. The predicted octanol–water partition coefficient (Wildman–Crippen LogP) is 2.57. The van der Waals surface area contributed by atoms with Gasteiger partial charge in [0.2, 0.25) is 0 Å². The Balaban J connectivity index is 1.77. The summed E-state index contributed by atoms with van der Waals surface area (Å²) >= 11 is 0. The van der Waals surface area contributed by atoms with Crippen LogP contribution in [0.2, 0.25) is 0 Å². The first kappa shape index (κ1) is 18.5. The van der Waals surface area contributed by atoms with Crippen LogP contribution >= 0.6 is 0 Å². The van der Waals surface area contributed by atoms with Crippen LogP contribution in [0, 0.1) is 0 Å². The zero-order chi connectivity index (χ0) is 18.2. The standard InChI is InChI=1S/C21H27N3O2/c25-13-3-12-24(16-17-7-10-22-11-8-17)21(26)19-5-1-4-18(14-19)20-6-2-9-23-15-20/h1,4-5,7-8,10-11,14,20,23,25H,2-3,6,9,12-13,15-16H2/t20-/m0/s1. The quantitative estimate of drug-likeness (QED) is 0.803. The monoisotopic (exact) mass is 353 g/mol. The Labute approximate surface area is 155 Å². The van der Waals surface area contributed by atoms with Crippen molar-refractivity contribution in [1.29, 1.82) is 0 Å². The van der Waals surface area contributed by atoms with Crippen LogP contribution in [0.5, 0.6) is 0 Å². The van der Waals surface area contributed by atoms with E-state index in [0.29, 0.717) is 25.4 Å². The first-order chi connectivity index (χ1) is 12.8. The fraction of sp³-hybridized carbons (Fsp3) is 0.429. The molecule has 3 rings (SSSR count). The summed E-state index contributed by atoms with van der Waals surface area (Å²) in [6, 6.07) is 11.9. The molecule has 0 unspecified atom stereocenters. The van der Waals surface area contributed by atoms with E-state index in [9.17, 15) is 9.90 Å². The summed E-state index contributed by atoms with van der Waals surface area (Å²) in [7, 11) is 0. The highest BCUT2D eigenvalue weighted by Gasteiger charge is 2.19. The van der Waals surface area contributed by atoms with E-state index >= 15 is 0 Å². The lowest BCUT2D eigenvalue weighted by Gasteiger charge is -2.25. The highest BCUT2D eigenvalue weighted by Crippen LogP contribution is 2.24. The fourth-order valence-corrected chi connectivity index (χ4v) is 3.47. The van der Waals surface area contributed by atoms with Crippen LogP contribution in [0.4, 0.5) is 0 Å². The van der Waals surface area contributed by atoms with Crippen LogP contribution < -0.4 is 5.32 Å². The summed E-state index contributed by atoms with van der Waals surface area (Å²) in [6.45, 7) is 3.19. The van der Waals surface area contributed by atoms with Gasteiger partial charge in [-0.2, -0.15) is 0 Å². The van der Waals surface area contributed by atoms with Gasteiger partial charge in [-0.3, -0.25) is 9.78 Å². The van der Waals surface area contributed by atoms with Gasteiger partial charge in [0, 0.05) is 44.2 Å². The smallest absolute Gasteiger partial charge is 0.254 e. The number of hydrogen-bond donors (Lipinski definition) is 2. The van der Waals surface area contributed by atoms with Gasteiger partial charge in [0.1, 0.15) is 0 Å². The topological polar surface area (TPSA) is 65.5 Å². The zero-order valence-electron chi connectivity index (χ0n) is 15.1. The van der Waals surface area contributed by atoms with Crippen molar-refractivity contribution >= 4 is 5.91 Å². The van der Waals surface area contributed by atoms with Crippen LogP contribution in [-0.2, 0) is 6.54 Å². The molecule has 1 aliphatic rings. The summed E-state index contributed by atoms with van der Waals surface area (Å²) in [5, 5.41) is 12.6. The number of piperidine rings is 1. The Morgan fingerprint density at radius 2 is 2.12 bits per heavy atom. The molecule has 1 aromatic heterocycles. The summed E-state index contributed by atoms with van der Waals surface area (Å²) in [5.41, 5.74) is 2.99. The number of aromatic nitrogens is 1. The Bertz CT molecular complexity index is 699. The maximum Gasteiger partial charge on any atom is 0.254 e. The number of carbonyl (C=O) groups excluding carboxylic acids is 1. The van der Waals surface area contributed by atoms with Gasteiger partial charge in [-0.05, 0) is 67.1 Å². The maximum atomic E-state index is 13.1. The third kappa shape index (κ3) is 4.90. The number of amides is 1. The van der Waals surface area contributed by atoms with Crippen LogP contribution in [0.25, 0.3) is 0 Å². The molecule has 0 bridgehead atoms. The number of carbonyl (C=O) groups is 1. The van der Waals surface area contributed by atoms with Crippen molar-refractivity contribution in [1.82, 2.24) is 15.2 Å². The van der Waals surface area contributed by atoms with Gasteiger partial charge in [-0.15, -0.1) is 0 Å². The first-order valence-electron chi connectivity index (χ1n) is 9.37. The third-order valence-corrected chi connectivity index (χ3v) is 4.90. The van der Waals surface area contributed by atoms with Gasteiger partial charge in [0.05, 0.1) is 0 Å².